The van der Waals surface area contributed by atoms with Crippen LogP contribution in [0.1, 0.15) is 31.7 Å². The minimum Gasteiger partial charge on any atom is -0.383 e. The normalized spacial score (nSPS) is 27.0. The number of ether oxygens (including phenoxy) is 1. The highest BCUT2D eigenvalue weighted by molar-refractivity contribution is 5.05. The molecule has 2 saturated heterocycles. The highest BCUT2D eigenvalue weighted by atomic mass is 16.5. The highest BCUT2D eigenvalue weighted by Crippen LogP contribution is 2.39. The van der Waals surface area contributed by atoms with Crippen molar-refractivity contribution in [2.45, 2.75) is 39.3 Å². The van der Waals surface area contributed by atoms with E-state index < -0.39 is 0 Å². The smallest absolute Gasteiger partial charge is 0.0589 e. The number of nitrogens with zero attached hydrogens (tertiary/aromatic N) is 4. The van der Waals surface area contributed by atoms with Crippen LogP contribution in [0.5, 0.6) is 0 Å². The lowest BCUT2D eigenvalue weighted by atomic mass is 9.79. The van der Waals surface area contributed by atoms with E-state index in [1.165, 1.54) is 51.0 Å². The molecule has 1 unspecified atom stereocenters. The molecule has 0 saturated carbocycles. The summed E-state index contributed by atoms with van der Waals surface area (Å²) in [5.74, 6) is 0. The predicted octanol–water partition coefficient (Wildman–Crippen LogP) is 1.84. The Hall–Kier alpha value is -0.910. The van der Waals surface area contributed by atoms with Crippen LogP contribution in [0.2, 0.25) is 0 Å². The van der Waals surface area contributed by atoms with Crippen LogP contribution in [-0.2, 0) is 17.8 Å². The molecule has 0 aromatic carbocycles. The van der Waals surface area contributed by atoms with Crippen LogP contribution in [0.3, 0.4) is 0 Å². The van der Waals surface area contributed by atoms with E-state index in [0.717, 1.165) is 26.2 Å². The van der Waals surface area contributed by atoms with Crippen LogP contribution in [-0.4, -0.2) is 66.0 Å². The fourth-order valence-corrected chi connectivity index (χ4v) is 4.14. The topological polar surface area (TPSA) is 33.5 Å². The number of hydrogen-bond acceptors (Lipinski definition) is 4. The van der Waals surface area contributed by atoms with Gasteiger partial charge in [-0.25, -0.2) is 0 Å². The van der Waals surface area contributed by atoms with Gasteiger partial charge in [0.05, 0.1) is 12.8 Å². The first-order chi connectivity index (χ1) is 10.7. The Balaban J connectivity index is 1.54. The summed E-state index contributed by atoms with van der Waals surface area (Å²) < 4.78 is 7.27. The van der Waals surface area contributed by atoms with E-state index >= 15 is 0 Å². The van der Waals surface area contributed by atoms with E-state index in [0.29, 0.717) is 5.41 Å². The first-order valence-electron chi connectivity index (χ1n) is 8.68. The van der Waals surface area contributed by atoms with Gasteiger partial charge in [0, 0.05) is 51.6 Å². The summed E-state index contributed by atoms with van der Waals surface area (Å²) in [6.45, 7) is 11.1. The lowest BCUT2D eigenvalue weighted by molar-refractivity contribution is 0.0673. The van der Waals surface area contributed by atoms with E-state index in [4.69, 9.17) is 4.74 Å². The standard InChI is InChI=1S/C17H30N4O/c1-3-21-13-16(11-18-21)12-20-8-6-17(15-20)5-4-7-19(14-17)9-10-22-2/h11,13H,3-10,12,14-15H2,1-2H3. The molecule has 1 spiro atoms. The second kappa shape index (κ2) is 7.11. The molecule has 0 N–H and O–H groups in total. The van der Waals surface area contributed by atoms with Crippen molar-refractivity contribution in [3.05, 3.63) is 18.0 Å². The van der Waals surface area contributed by atoms with Crippen molar-refractivity contribution < 1.29 is 4.74 Å². The van der Waals surface area contributed by atoms with Crippen molar-refractivity contribution in [2.75, 3.05) is 46.4 Å². The number of piperidine rings is 1. The molecule has 3 rings (SSSR count). The van der Waals surface area contributed by atoms with Crippen LogP contribution in [0.25, 0.3) is 0 Å². The minimum atomic E-state index is 0.521. The average molecular weight is 306 g/mol. The van der Waals surface area contributed by atoms with Crippen molar-refractivity contribution in [3.8, 4) is 0 Å². The summed E-state index contributed by atoms with van der Waals surface area (Å²) in [5.41, 5.74) is 1.87. The number of aryl methyl sites for hydroxylation is 1. The zero-order valence-electron chi connectivity index (χ0n) is 14.1. The Labute approximate surface area is 134 Å². The van der Waals surface area contributed by atoms with Crippen molar-refractivity contribution in [1.29, 1.82) is 0 Å². The Morgan fingerprint density at radius 1 is 1.23 bits per heavy atom. The van der Waals surface area contributed by atoms with Crippen LogP contribution in [0, 0.1) is 5.41 Å². The van der Waals surface area contributed by atoms with Gasteiger partial charge in [-0.1, -0.05) is 0 Å². The van der Waals surface area contributed by atoms with Crippen molar-refractivity contribution in [2.24, 2.45) is 5.41 Å². The quantitative estimate of drug-likeness (QED) is 0.803. The maximum Gasteiger partial charge on any atom is 0.0589 e. The van der Waals surface area contributed by atoms with Gasteiger partial charge < -0.3 is 9.64 Å². The first-order valence-corrected chi connectivity index (χ1v) is 8.68. The third-order valence-corrected chi connectivity index (χ3v) is 5.29. The summed E-state index contributed by atoms with van der Waals surface area (Å²) >= 11 is 0. The van der Waals surface area contributed by atoms with E-state index in [1.54, 1.807) is 7.11 Å². The molecule has 0 aliphatic carbocycles. The lowest BCUT2D eigenvalue weighted by Crippen LogP contribution is -2.45. The van der Waals surface area contributed by atoms with Gasteiger partial charge >= 0.3 is 0 Å². The van der Waals surface area contributed by atoms with Gasteiger partial charge in [-0.05, 0) is 44.7 Å². The van der Waals surface area contributed by atoms with Gasteiger partial charge in [0.25, 0.3) is 0 Å². The number of methoxy groups -OCH3 is 1. The third kappa shape index (κ3) is 3.70. The summed E-state index contributed by atoms with van der Waals surface area (Å²) in [6.07, 6.45) is 8.29. The van der Waals surface area contributed by atoms with E-state index in [2.05, 4.69) is 28.0 Å². The van der Waals surface area contributed by atoms with Gasteiger partial charge in [-0.15, -0.1) is 0 Å². The number of hydrogen-bond donors (Lipinski definition) is 0. The van der Waals surface area contributed by atoms with Crippen molar-refractivity contribution in [1.82, 2.24) is 19.6 Å². The molecule has 1 atom stereocenters. The molecular formula is C17H30N4O. The van der Waals surface area contributed by atoms with Crippen LogP contribution in [0.4, 0.5) is 0 Å². The Bertz CT molecular complexity index is 475. The Morgan fingerprint density at radius 2 is 2.09 bits per heavy atom. The van der Waals surface area contributed by atoms with Gasteiger partial charge in [-0.3, -0.25) is 9.58 Å². The minimum absolute atomic E-state index is 0.521. The molecule has 0 bridgehead atoms. The SMILES string of the molecule is CCn1cc(CN2CCC3(CCCN(CCOC)C3)C2)cn1. The molecule has 5 heteroatoms. The molecule has 124 valence electrons. The van der Waals surface area contributed by atoms with Crippen molar-refractivity contribution >= 4 is 0 Å². The third-order valence-electron chi connectivity index (χ3n) is 5.29. The summed E-state index contributed by atoms with van der Waals surface area (Å²) in [5, 5.41) is 4.39. The molecular weight excluding hydrogens is 276 g/mol. The first kappa shape index (κ1) is 16.0. The number of aromatic nitrogens is 2. The van der Waals surface area contributed by atoms with Gasteiger partial charge in [0.1, 0.15) is 0 Å². The van der Waals surface area contributed by atoms with E-state index in [-0.39, 0.29) is 0 Å². The van der Waals surface area contributed by atoms with Crippen molar-refractivity contribution in [3.63, 3.8) is 0 Å². The molecule has 5 nitrogen and oxygen atoms in total. The zero-order valence-corrected chi connectivity index (χ0v) is 14.1. The maximum absolute atomic E-state index is 5.25. The predicted molar refractivity (Wildman–Crippen MR) is 87.8 cm³/mol. The molecule has 3 heterocycles. The molecule has 0 amide bonds. The van der Waals surface area contributed by atoms with Gasteiger partial charge in [-0.2, -0.15) is 5.10 Å². The summed E-state index contributed by atoms with van der Waals surface area (Å²) in [6, 6.07) is 0. The average Bonchev–Trinajstić information content (AvgIpc) is 3.13. The lowest BCUT2D eigenvalue weighted by Gasteiger charge is -2.40. The van der Waals surface area contributed by atoms with E-state index in [9.17, 15) is 0 Å². The van der Waals surface area contributed by atoms with E-state index in [1.807, 2.05) is 10.9 Å². The summed E-state index contributed by atoms with van der Waals surface area (Å²) in [7, 11) is 1.80. The second-order valence-electron chi connectivity index (χ2n) is 7.04. The monoisotopic (exact) mass is 306 g/mol. The number of rotatable bonds is 6. The molecule has 2 aliphatic rings. The Morgan fingerprint density at radius 3 is 2.86 bits per heavy atom. The second-order valence-corrected chi connectivity index (χ2v) is 7.04. The zero-order chi connectivity index (χ0) is 15.4. The maximum atomic E-state index is 5.25. The fourth-order valence-electron chi connectivity index (χ4n) is 4.14. The van der Waals surface area contributed by atoms with Crippen LogP contribution in [0.15, 0.2) is 12.4 Å². The number of likely N-dealkylation sites (tertiary alicyclic amines) is 2. The molecule has 0 radical (unpaired) electrons. The molecule has 1 aromatic heterocycles. The van der Waals surface area contributed by atoms with Crippen LogP contribution < -0.4 is 0 Å². The largest absolute Gasteiger partial charge is 0.383 e. The van der Waals surface area contributed by atoms with Crippen LogP contribution >= 0.6 is 0 Å². The van der Waals surface area contributed by atoms with Gasteiger partial charge in [0.2, 0.25) is 0 Å². The fraction of sp³-hybridized carbons (Fsp3) is 0.824. The summed E-state index contributed by atoms with van der Waals surface area (Å²) in [4.78, 5) is 5.22. The Kier molecular flexibility index (Phi) is 5.16. The molecule has 22 heavy (non-hydrogen) atoms. The van der Waals surface area contributed by atoms with Gasteiger partial charge in [0.15, 0.2) is 0 Å². The molecule has 2 aliphatic heterocycles. The highest BCUT2D eigenvalue weighted by Gasteiger charge is 2.41. The molecule has 2 fully saturated rings. The molecule has 1 aromatic rings.